The van der Waals surface area contributed by atoms with Gasteiger partial charge in [0.15, 0.2) is 11.6 Å². The number of nitrogens with two attached hydrogens (primary N) is 1. The van der Waals surface area contributed by atoms with Gasteiger partial charge in [0, 0.05) is 17.3 Å². The Balaban J connectivity index is 1.69. The molecule has 0 aliphatic heterocycles. The van der Waals surface area contributed by atoms with Crippen LogP contribution in [0.4, 0.5) is 28.8 Å². The molecular weight excluding hydrogens is 338 g/mol. The summed E-state index contributed by atoms with van der Waals surface area (Å²) in [6.07, 6.45) is 3.19. The number of rotatable bonds is 4. The largest absolute Gasteiger partial charge is 0.393 e. The van der Waals surface area contributed by atoms with Crippen molar-refractivity contribution in [2.45, 2.75) is 13.8 Å². The molecule has 4 aromatic rings. The van der Waals surface area contributed by atoms with Crippen LogP contribution in [0.3, 0.4) is 0 Å². The lowest BCUT2D eigenvalue weighted by Gasteiger charge is -2.13. The van der Waals surface area contributed by atoms with Crippen LogP contribution in [0.2, 0.25) is 0 Å². The molecule has 0 fully saturated rings. The first kappa shape index (κ1) is 16.7. The molecule has 0 bridgehead atoms. The Kier molecular flexibility index (Phi) is 4.25. The minimum atomic E-state index is 0.408. The van der Waals surface area contributed by atoms with Crippen molar-refractivity contribution in [3.63, 3.8) is 0 Å². The maximum absolute atomic E-state index is 6.29. The third-order valence-corrected chi connectivity index (χ3v) is 4.16. The molecule has 0 amide bonds. The molecule has 3 heterocycles. The summed E-state index contributed by atoms with van der Waals surface area (Å²) in [6, 6.07) is 13.8. The lowest BCUT2D eigenvalue weighted by Crippen LogP contribution is -2.06. The van der Waals surface area contributed by atoms with Gasteiger partial charge in [0.1, 0.15) is 17.8 Å². The maximum Gasteiger partial charge on any atom is 0.160 e. The standard InChI is InChI=1S/C20H19N7/c1-12-8-9-22-16(10-12)27-20-17(21)19(23-11-24-20)26-15-5-3-4-14-7-6-13(2)25-18(14)15/h3-11H,21H2,1-2H3,(H2,22,23,24,26,27). The molecule has 0 unspecified atom stereocenters. The van der Waals surface area contributed by atoms with Crippen LogP contribution in [-0.2, 0) is 0 Å². The van der Waals surface area contributed by atoms with Crippen LogP contribution in [0.25, 0.3) is 10.9 Å². The van der Waals surface area contributed by atoms with Gasteiger partial charge in [0.05, 0.1) is 11.2 Å². The van der Waals surface area contributed by atoms with Gasteiger partial charge in [0.2, 0.25) is 0 Å². The Labute approximate surface area is 156 Å². The smallest absolute Gasteiger partial charge is 0.160 e. The Morgan fingerprint density at radius 2 is 1.70 bits per heavy atom. The van der Waals surface area contributed by atoms with Crippen LogP contribution < -0.4 is 16.4 Å². The third kappa shape index (κ3) is 3.48. The molecule has 27 heavy (non-hydrogen) atoms. The predicted molar refractivity (Wildman–Crippen MR) is 108 cm³/mol. The summed E-state index contributed by atoms with van der Waals surface area (Å²) in [4.78, 5) is 17.4. The van der Waals surface area contributed by atoms with E-state index in [1.807, 2.05) is 56.3 Å². The van der Waals surface area contributed by atoms with E-state index in [-0.39, 0.29) is 0 Å². The van der Waals surface area contributed by atoms with Crippen LogP contribution in [0, 0.1) is 13.8 Å². The van der Waals surface area contributed by atoms with Gasteiger partial charge in [-0.25, -0.2) is 15.0 Å². The predicted octanol–water partition coefficient (Wildman–Crippen LogP) is 4.11. The quantitative estimate of drug-likeness (QED) is 0.505. The number of nitrogen functional groups attached to an aromatic ring is 1. The third-order valence-electron chi connectivity index (χ3n) is 4.16. The molecular formula is C20H19N7. The normalized spacial score (nSPS) is 10.7. The van der Waals surface area contributed by atoms with Crippen molar-refractivity contribution in [2.24, 2.45) is 0 Å². The van der Waals surface area contributed by atoms with Crippen molar-refractivity contribution in [2.75, 3.05) is 16.4 Å². The van der Waals surface area contributed by atoms with Crippen LogP contribution in [-0.4, -0.2) is 19.9 Å². The molecule has 0 saturated carbocycles. The number of benzene rings is 1. The number of nitrogens with zero attached hydrogens (tertiary/aromatic N) is 4. The number of pyridine rings is 2. The number of fused-ring (bicyclic) bond motifs is 1. The van der Waals surface area contributed by atoms with Crippen molar-refractivity contribution in [3.8, 4) is 0 Å². The second-order valence-electron chi connectivity index (χ2n) is 6.28. The van der Waals surface area contributed by atoms with E-state index >= 15 is 0 Å². The summed E-state index contributed by atoms with van der Waals surface area (Å²) in [5.41, 5.74) is 10.4. The molecule has 1 aromatic carbocycles. The minimum Gasteiger partial charge on any atom is -0.393 e. The zero-order valence-corrected chi connectivity index (χ0v) is 15.1. The number of aryl methyl sites for hydroxylation is 2. The second kappa shape index (κ2) is 6.87. The van der Waals surface area contributed by atoms with E-state index in [0.717, 1.165) is 27.8 Å². The number of para-hydroxylation sites is 1. The molecule has 0 spiro atoms. The highest BCUT2D eigenvalue weighted by Crippen LogP contribution is 2.30. The molecule has 4 rings (SSSR count). The van der Waals surface area contributed by atoms with Crippen LogP contribution in [0.15, 0.2) is 55.0 Å². The van der Waals surface area contributed by atoms with Gasteiger partial charge in [0.25, 0.3) is 0 Å². The monoisotopic (exact) mass is 357 g/mol. The van der Waals surface area contributed by atoms with Gasteiger partial charge in [-0.05, 0) is 43.7 Å². The highest BCUT2D eigenvalue weighted by molar-refractivity contribution is 5.93. The lowest BCUT2D eigenvalue weighted by molar-refractivity contribution is 1.16. The van der Waals surface area contributed by atoms with E-state index < -0.39 is 0 Å². The zero-order valence-electron chi connectivity index (χ0n) is 15.1. The van der Waals surface area contributed by atoms with E-state index in [2.05, 4.69) is 30.6 Å². The summed E-state index contributed by atoms with van der Waals surface area (Å²) in [7, 11) is 0. The molecule has 7 nitrogen and oxygen atoms in total. The molecule has 4 N–H and O–H groups in total. The fraction of sp³-hybridized carbons (Fsp3) is 0.100. The number of hydrogen-bond donors (Lipinski definition) is 3. The molecule has 0 atom stereocenters. The number of anilines is 5. The topological polar surface area (TPSA) is 102 Å². The van der Waals surface area contributed by atoms with Crippen molar-refractivity contribution < 1.29 is 0 Å². The highest BCUT2D eigenvalue weighted by atomic mass is 15.1. The maximum atomic E-state index is 6.29. The fourth-order valence-corrected chi connectivity index (χ4v) is 2.79. The van der Waals surface area contributed by atoms with E-state index in [9.17, 15) is 0 Å². The molecule has 0 aliphatic carbocycles. The van der Waals surface area contributed by atoms with Gasteiger partial charge in [-0.15, -0.1) is 0 Å². The van der Waals surface area contributed by atoms with Gasteiger partial charge >= 0.3 is 0 Å². The number of hydrogen-bond acceptors (Lipinski definition) is 7. The highest BCUT2D eigenvalue weighted by Gasteiger charge is 2.11. The Bertz CT molecular complexity index is 1120. The van der Waals surface area contributed by atoms with Crippen LogP contribution in [0.5, 0.6) is 0 Å². The van der Waals surface area contributed by atoms with E-state index in [1.54, 1.807) is 6.20 Å². The average Bonchev–Trinajstić information content (AvgIpc) is 2.65. The first-order valence-electron chi connectivity index (χ1n) is 8.54. The summed E-state index contributed by atoms with van der Waals surface area (Å²) in [5, 5.41) is 7.47. The lowest BCUT2D eigenvalue weighted by atomic mass is 10.1. The van der Waals surface area contributed by atoms with E-state index in [0.29, 0.717) is 23.1 Å². The Morgan fingerprint density at radius 1 is 0.889 bits per heavy atom. The molecule has 3 aromatic heterocycles. The van der Waals surface area contributed by atoms with Crippen LogP contribution >= 0.6 is 0 Å². The summed E-state index contributed by atoms with van der Waals surface area (Å²) in [6.45, 7) is 3.96. The molecule has 0 radical (unpaired) electrons. The molecule has 7 heteroatoms. The second-order valence-corrected chi connectivity index (χ2v) is 6.28. The molecule has 134 valence electrons. The first-order chi connectivity index (χ1) is 13.1. The number of aromatic nitrogens is 4. The summed E-state index contributed by atoms with van der Waals surface area (Å²) < 4.78 is 0. The minimum absolute atomic E-state index is 0.408. The van der Waals surface area contributed by atoms with Crippen molar-refractivity contribution in [3.05, 3.63) is 66.2 Å². The van der Waals surface area contributed by atoms with E-state index in [1.165, 1.54) is 6.33 Å². The first-order valence-corrected chi connectivity index (χ1v) is 8.54. The Morgan fingerprint density at radius 3 is 2.52 bits per heavy atom. The van der Waals surface area contributed by atoms with Gasteiger partial charge in [-0.2, -0.15) is 0 Å². The van der Waals surface area contributed by atoms with Gasteiger partial charge < -0.3 is 16.4 Å². The SMILES string of the molecule is Cc1ccnc(Nc2ncnc(Nc3cccc4ccc(C)nc34)c2N)c1. The van der Waals surface area contributed by atoms with Crippen molar-refractivity contribution in [1.82, 2.24) is 19.9 Å². The van der Waals surface area contributed by atoms with E-state index in [4.69, 9.17) is 5.73 Å². The zero-order chi connectivity index (χ0) is 18.8. The van der Waals surface area contributed by atoms with Gasteiger partial charge in [-0.3, -0.25) is 4.98 Å². The van der Waals surface area contributed by atoms with Crippen LogP contribution in [0.1, 0.15) is 11.3 Å². The van der Waals surface area contributed by atoms with Gasteiger partial charge in [-0.1, -0.05) is 18.2 Å². The summed E-state index contributed by atoms with van der Waals surface area (Å²) in [5.74, 6) is 1.68. The fourth-order valence-electron chi connectivity index (χ4n) is 2.79. The van der Waals surface area contributed by atoms with Crippen molar-refractivity contribution in [1.29, 1.82) is 0 Å². The Hall–Kier alpha value is -3.74. The average molecular weight is 357 g/mol. The molecule has 0 aliphatic rings. The summed E-state index contributed by atoms with van der Waals surface area (Å²) >= 11 is 0. The van der Waals surface area contributed by atoms with Crippen molar-refractivity contribution >= 4 is 39.7 Å². The number of nitrogens with one attached hydrogen (secondary N) is 2. The molecule has 0 saturated heterocycles.